The zero-order valence-electron chi connectivity index (χ0n) is 10.7. The van der Waals surface area contributed by atoms with Gasteiger partial charge in [-0.15, -0.1) is 0 Å². The minimum Gasteiger partial charge on any atom is -0.433 e. The lowest BCUT2D eigenvalue weighted by molar-refractivity contribution is -0.241. The van der Waals surface area contributed by atoms with Crippen LogP contribution in [-0.4, -0.2) is 24.7 Å². The van der Waals surface area contributed by atoms with Crippen LogP contribution in [0.1, 0.15) is 46.0 Å². The topological polar surface area (TPSA) is 44.8 Å². The summed E-state index contributed by atoms with van der Waals surface area (Å²) in [7, 11) is 0. The van der Waals surface area contributed by atoms with Gasteiger partial charge in [0.2, 0.25) is 6.29 Å². The largest absolute Gasteiger partial charge is 0.433 e. The molecular formula is C13H22O4. The van der Waals surface area contributed by atoms with Crippen LogP contribution in [0, 0.1) is 0 Å². The Morgan fingerprint density at radius 1 is 1.24 bits per heavy atom. The fourth-order valence-corrected chi connectivity index (χ4v) is 2.01. The molecule has 2 atom stereocenters. The van der Waals surface area contributed by atoms with Gasteiger partial charge in [-0.3, -0.25) is 0 Å². The Hall–Kier alpha value is -0.870. The van der Waals surface area contributed by atoms with Gasteiger partial charge >= 0.3 is 5.97 Å². The van der Waals surface area contributed by atoms with Crippen molar-refractivity contribution in [1.29, 1.82) is 0 Å². The maximum Gasteiger partial charge on any atom is 0.332 e. The summed E-state index contributed by atoms with van der Waals surface area (Å²) in [5.74, 6) is -0.484. The summed E-state index contributed by atoms with van der Waals surface area (Å²) in [4.78, 5) is 10.9. The molecule has 0 heterocycles. The highest BCUT2D eigenvalue weighted by Gasteiger charge is 2.19. The Labute approximate surface area is 103 Å². The molecule has 1 saturated carbocycles. The van der Waals surface area contributed by atoms with Crippen molar-refractivity contribution in [3.05, 3.63) is 12.7 Å². The van der Waals surface area contributed by atoms with Crippen LogP contribution < -0.4 is 0 Å². The standard InChI is InChI=1S/C13H22O4/c1-4-13(14)17-11(3)15-10(2)16-12-8-6-5-7-9-12/h4,10-12H,1,5-9H2,2-3H3. The Balaban J connectivity index is 2.20. The Morgan fingerprint density at radius 2 is 1.88 bits per heavy atom. The summed E-state index contributed by atoms with van der Waals surface area (Å²) < 4.78 is 16.1. The van der Waals surface area contributed by atoms with Crippen molar-refractivity contribution in [1.82, 2.24) is 0 Å². The van der Waals surface area contributed by atoms with E-state index in [9.17, 15) is 4.79 Å². The number of esters is 1. The van der Waals surface area contributed by atoms with Crippen LogP contribution in [0.2, 0.25) is 0 Å². The van der Waals surface area contributed by atoms with Gasteiger partial charge in [-0.2, -0.15) is 0 Å². The molecule has 0 aromatic carbocycles. The average Bonchev–Trinajstić information content (AvgIpc) is 2.29. The van der Waals surface area contributed by atoms with Gasteiger partial charge in [0.15, 0.2) is 6.29 Å². The van der Waals surface area contributed by atoms with Gasteiger partial charge < -0.3 is 14.2 Å². The lowest BCUT2D eigenvalue weighted by Gasteiger charge is -2.27. The first-order chi connectivity index (χ1) is 8.11. The third kappa shape index (κ3) is 5.84. The Bertz CT molecular complexity index is 246. The molecule has 17 heavy (non-hydrogen) atoms. The van der Waals surface area contributed by atoms with Gasteiger partial charge in [-0.25, -0.2) is 4.79 Å². The predicted octanol–water partition coefficient (Wildman–Crippen LogP) is 2.77. The van der Waals surface area contributed by atoms with Crippen LogP contribution in [0.15, 0.2) is 12.7 Å². The van der Waals surface area contributed by atoms with E-state index < -0.39 is 12.3 Å². The summed E-state index contributed by atoms with van der Waals surface area (Å²) in [5, 5.41) is 0. The monoisotopic (exact) mass is 242 g/mol. The van der Waals surface area contributed by atoms with Gasteiger partial charge in [0, 0.05) is 6.08 Å². The van der Waals surface area contributed by atoms with Crippen LogP contribution in [0.3, 0.4) is 0 Å². The number of ether oxygens (including phenoxy) is 3. The van der Waals surface area contributed by atoms with Crippen molar-refractivity contribution in [3.8, 4) is 0 Å². The summed E-state index contributed by atoms with van der Waals surface area (Å²) in [6.45, 7) is 6.82. The average molecular weight is 242 g/mol. The van der Waals surface area contributed by atoms with Crippen LogP contribution in [0.5, 0.6) is 0 Å². The molecule has 1 rings (SSSR count). The Kier molecular flexibility index (Phi) is 6.22. The molecule has 2 unspecified atom stereocenters. The maximum absolute atomic E-state index is 10.9. The number of rotatable bonds is 6. The van der Waals surface area contributed by atoms with Crippen molar-refractivity contribution in [2.75, 3.05) is 0 Å². The molecule has 0 aliphatic heterocycles. The molecule has 0 aromatic rings. The van der Waals surface area contributed by atoms with Crippen LogP contribution in [0.25, 0.3) is 0 Å². The summed E-state index contributed by atoms with van der Waals surface area (Å²) in [6, 6.07) is 0. The molecule has 0 N–H and O–H groups in total. The van der Waals surface area contributed by atoms with Crippen LogP contribution in [0.4, 0.5) is 0 Å². The SMILES string of the molecule is C=CC(=O)OC(C)OC(C)OC1CCCCC1. The third-order valence-electron chi connectivity index (χ3n) is 2.77. The maximum atomic E-state index is 10.9. The molecule has 1 aliphatic carbocycles. The van der Waals surface area contributed by atoms with E-state index in [1.807, 2.05) is 6.92 Å². The lowest BCUT2D eigenvalue weighted by atomic mass is 9.98. The molecule has 4 nitrogen and oxygen atoms in total. The van der Waals surface area contributed by atoms with E-state index in [1.165, 1.54) is 19.3 Å². The van der Waals surface area contributed by atoms with Gasteiger partial charge in [0.1, 0.15) is 0 Å². The highest BCUT2D eigenvalue weighted by atomic mass is 16.8. The van der Waals surface area contributed by atoms with E-state index in [4.69, 9.17) is 14.2 Å². The number of carbonyl (C=O) groups excluding carboxylic acids is 1. The van der Waals surface area contributed by atoms with Crippen LogP contribution in [-0.2, 0) is 19.0 Å². The van der Waals surface area contributed by atoms with Gasteiger partial charge in [0.25, 0.3) is 0 Å². The normalized spacial score (nSPS) is 20.6. The molecule has 0 aromatic heterocycles. The second kappa shape index (κ2) is 7.45. The van der Waals surface area contributed by atoms with Crippen LogP contribution >= 0.6 is 0 Å². The van der Waals surface area contributed by atoms with E-state index in [1.54, 1.807) is 6.92 Å². The third-order valence-corrected chi connectivity index (χ3v) is 2.77. The van der Waals surface area contributed by atoms with E-state index in [2.05, 4.69) is 6.58 Å². The molecule has 0 amide bonds. The van der Waals surface area contributed by atoms with Crippen molar-refractivity contribution in [3.63, 3.8) is 0 Å². The molecule has 0 bridgehead atoms. The number of hydrogen-bond acceptors (Lipinski definition) is 4. The second-order valence-electron chi connectivity index (χ2n) is 4.31. The van der Waals surface area contributed by atoms with Gasteiger partial charge in [-0.05, 0) is 26.7 Å². The molecule has 0 spiro atoms. The van der Waals surface area contributed by atoms with E-state index in [0.717, 1.165) is 18.9 Å². The van der Waals surface area contributed by atoms with E-state index in [0.29, 0.717) is 0 Å². The Morgan fingerprint density at radius 3 is 2.47 bits per heavy atom. The molecule has 1 fully saturated rings. The second-order valence-corrected chi connectivity index (χ2v) is 4.31. The molecule has 98 valence electrons. The zero-order chi connectivity index (χ0) is 12.7. The summed E-state index contributed by atoms with van der Waals surface area (Å²) in [5.41, 5.74) is 0. The van der Waals surface area contributed by atoms with Crippen molar-refractivity contribution in [2.45, 2.75) is 64.6 Å². The molecule has 1 aliphatic rings. The van der Waals surface area contributed by atoms with Gasteiger partial charge in [-0.1, -0.05) is 25.8 Å². The van der Waals surface area contributed by atoms with Crippen molar-refractivity contribution >= 4 is 5.97 Å². The fourth-order valence-electron chi connectivity index (χ4n) is 2.01. The summed E-state index contributed by atoms with van der Waals surface area (Å²) >= 11 is 0. The fraction of sp³-hybridized carbons (Fsp3) is 0.769. The molecule has 0 radical (unpaired) electrons. The minimum atomic E-state index is -0.612. The highest BCUT2D eigenvalue weighted by Crippen LogP contribution is 2.21. The smallest absolute Gasteiger partial charge is 0.332 e. The quantitative estimate of drug-likeness (QED) is 0.408. The zero-order valence-corrected chi connectivity index (χ0v) is 10.7. The van der Waals surface area contributed by atoms with E-state index in [-0.39, 0.29) is 12.4 Å². The molecule has 4 heteroatoms. The number of carbonyl (C=O) groups is 1. The predicted molar refractivity (Wildman–Crippen MR) is 64.3 cm³/mol. The van der Waals surface area contributed by atoms with E-state index >= 15 is 0 Å². The first-order valence-corrected chi connectivity index (χ1v) is 6.25. The highest BCUT2D eigenvalue weighted by molar-refractivity contribution is 5.81. The minimum absolute atomic E-state index is 0.279. The first kappa shape index (κ1) is 14.2. The van der Waals surface area contributed by atoms with Crippen molar-refractivity contribution < 1.29 is 19.0 Å². The van der Waals surface area contributed by atoms with Gasteiger partial charge in [0.05, 0.1) is 6.10 Å². The molecular weight excluding hydrogens is 220 g/mol. The first-order valence-electron chi connectivity index (χ1n) is 6.25. The summed E-state index contributed by atoms with van der Waals surface area (Å²) in [6.07, 6.45) is 6.35. The van der Waals surface area contributed by atoms with Crippen molar-refractivity contribution in [2.24, 2.45) is 0 Å². The number of hydrogen-bond donors (Lipinski definition) is 0. The lowest BCUT2D eigenvalue weighted by Crippen LogP contribution is -2.28. The molecule has 0 saturated heterocycles.